The van der Waals surface area contributed by atoms with Crippen molar-refractivity contribution in [2.75, 3.05) is 11.9 Å². The monoisotopic (exact) mass is 480 g/mol. The summed E-state index contributed by atoms with van der Waals surface area (Å²) in [7, 11) is 0. The van der Waals surface area contributed by atoms with Crippen LogP contribution >= 0.6 is 0 Å². The minimum Gasteiger partial charge on any atom is -0.494 e. The van der Waals surface area contributed by atoms with Crippen molar-refractivity contribution >= 4 is 23.3 Å². The Morgan fingerprint density at radius 1 is 1.06 bits per heavy atom. The van der Waals surface area contributed by atoms with Crippen LogP contribution in [-0.2, 0) is 11.2 Å². The molecule has 0 saturated carbocycles. The first-order chi connectivity index (χ1) is 17.5. The van der Waals surface area contributed by atoms with Crippen LogP contribution in [0.5, 0.6) is 17.4 Å². The summed E-state index contributed by atoms with van der Waals surface area (Å²) in [6.07, 6.45) is 3.64. The fourth-order valence-electron chi connectivity index (χ4n) is 3.48. The number of amides is 1. The molecule has 4 rings (SSSR count). The molecular weight excluding hydrogens is 456 g/mol. The van der Waals surface area contributed by atoms with Crippen molar-refractivity contribution in [3.63, 3.8) is 0 Å². The van der Waals surface area contributed by atoms with Crippen molar-refractivity contribution in [3.05, 3.63) is 100.0 Å². The first-order valence-electron chi connectivity index (χ1n) is 11.5. The number of carbonyl (C=O) groups is 1. The largest absolute Gasteiger partial charge is 0.494 e. The zero-order valence-electron chi connectivity index (χ0n) is 19.9. The van der Waals surface area contributed by atoms with Gasteiger partial charge < -0.3 is 14.8 Å². The number of nitriles is 1. The fourth-order valence-corrected chi connectivity index (χ4v) is 3.48. The number of aryl methyl sites for hydroxylation is 1. The van der Waals surface area contributed by atoms with Gasteiger partial charge >= 0.3 is 0 Å². The Bertz CT molecular complexity index is 1510. The number of ether oxygens (including phenoxy) is 2. The van der Waals surface area contributed by atoms with E-state index in [2.05, 4.69) is 10.3 Å². The van der Waals surface area contributed by atoms with Crippen LogP contribution in [0.2, 0.25) is 0 Å². The highest BCUT2D eigenvalue weighted by molar-refractivity contribution is 6.09. The van der Waals surface area contributed by atoms with Gasteiger partial charge in [-0.25, -0.2) is 0 Å². The molecule has 0 atom stereocenters. The van der Waals surface area contributed by atoms with Gasteiger partial charge in [0, 0.05) is 11.9 Å². The molecule has 36 heavy (non-hydrogen) atoms. The van der Waals surface area contributed by atoms with Gasteiger partial charge in [0.1, 0.15) is 34.4 Å². The van der Waals surface area contributed by atoms with Gasteiger partial charge in [-0.3, -0.25) is 14.0 Å². The standard InChI is InChI=1S/C28H24N4O4/c1-3-19-8-12-23(13-9-19)36-27-24(28(34)32-16-6-5-7-25(32)31-27)17-20(18-29)26(33)30-21-10-14-22(15-11-21)35-4-2/h5-17H,3-4H2,1-2H3,(H,30,33). The second-order valence-corrected chi connectivity index (χ2v) is 7.75. The van der Waals surface area contributed by atoms with Crippen LogP contribution in [0.25, 0.3) is 11.7 Å². The van der Waals surface area contributed by atoms with E-state index in [1.807, 2.05) is 32.0 Å². The minimum absolute atomic E-state index is 0.00272. The Hall–Kier alpha value is -4.90. The zero-order chi connectivity index (χ0) is 25.5. The van der Waals surface area contributed by atoms with Gasteiger partial charge in [0.05, 0.1) is 6.61 Å². The molecule has 4 aromatic rings. The lowest BCUT2D eigenvalue weighted by Gasteiger charge is -2.11. The van der Waals surface area contributed by atoms with Crippen molar-refractivity contribution in [2.45, 2.75) is 20.3 Å². The first kappa shape index (κ1) is 24.2. The van der Waals surface area contributed by atoms with E-state index >= 15 is 0 Å². The number of nitrogens with zero attached hydrogens (tertiary/aromatic N) is 3. The number of benzene rings is 2. The third-order valence-corrected chi connectivity index (χ3v) is 5.36. The van der Waals surface area contributed by atoms with Crippen LogP contribution in [0.4, 0.5) is 5.69 Å². The predicted octanol–water partition coefficient (Wildman–Crippen LogP) is 4.99. The summed E-state index contributed by atoms with van der Waals surface area (Å²) >= 11 is 0. The minimum atomic E-state index is -0.669. The molecule has 0 aliphatic rings. The van der Waals surface area contributed by atoms with Crippen molar-refractivity contribution in [1.82, 2.24) is 9.38 Å². The van der Waals surface area contributed by atoms with E-state index in [0.717, 1.165) is 12.0 Å². The van der Waals surface area contributed by atoms with E-state index < -0.39 is 11.5 Å². The number of nitrogens with one attached hydrogen (secondary N) is 1. The Morgan fingerprint density at radius 3 is 2.44 bits per heavy atom. The topological polar surface area (TPSA) is 106 Å². The number of anilines is 1. The summed E-state index contributed by atoms with van der Waals surface area (Å²) < 4.78 is 12.7. The van der Waals surface area contributed by atoms with Crippen LogP contribution < -0.4 is 20.3 Å². The van der Waals surface area contributed by atoms with Crippen LogP contribution in [-0.4, -0.2) is 21.9 Å². The zero-order valence-corrected chi connectivity index (χ0v) is 19.9. The summed E-state index contributed by atoms with van der Waals surface area (Å²) in [4.78, 5) is 30.7. The van der Waals surface area contributed by atoms with Crippen molar-refractivity contribution < 1.29 is 14.3 Å². The molecule has 8 nitrogen and oxygen atoms in total. The molecule has 2 aromatic carbocycles. The second-order valence-electron chi connectivity index (χ2n) is 7.75. The molecule has 2 heterocycles. The lowest BCUT2D eigenvalue weighted by molar-refractivity contribution is -0.112. The van der Waals surface area contributed by atoms with Crippen LogP contribution in [0.1, 0.15) is 25.0 Å². The molecule has 0 saturated heterocycles. The summed E-state index contributed by atoms with van der Waals surface area (Å²) in [6, 6.07) is 21.2. The molecule has 0 aliphatic heterocycles. The maximum atomic E-state index is 13.3. The molecular formula is C28H24N4O4. The number of rotatable bonds is 8. The highest BCUT2D eigenvalue weighted by atomic mass is 16.5. The number of hydrogen-bond acceptors (Lipinski definition) is 6. The van der Waals surface area contributed by atoms with Gasteiger partial charge in [-0.05, 0) is 73.5 Å². The third-order valence-electron chi connectivity index (χ3n) is 5.36. The third kappa shape index (κ3) is 5.42. The van der Waals surface area contributed by atoms with E-state index in [1.165, 1.54) is 10.5 Å². The van der Waals surface area contributed by atoms with Gasteiger partial charge in [0.15, 0.2) is 0 Å². The molecule has 0 radical (unpaired) electrons. The quantitative estimate of drug-likeness (QED) is 0.281. The normalized spacial score (nSPS) is 11.1. The van der Waals surface area contributed by atoms with E-state index in [1.54, 1.807) is 60.8 Å². The van der Waals surface area contributed by atoms with Gasteiger partial charge in [-0.2, -0.15) is 10.2 Å². The molecule has 2 aromatic heterocycles. The lowest BCUT2D eigenvalue weighted by atomic mass is 10.1. The molecule has 0 bridgehead atoms. The van der Waals surface area contributed by atoms with Crippen molar-refractivity contribution in [1.29, 1.82) is 5.26 Å². The number of pyridine rings is 1. The summed E-state index contributed by atoms with van der Waals surface area (Å²) in [6.45, 7) is 4.45. The first-order valence-corrected chi connectivity index (χ1v) is 11.5. The van der Waals surface area contributed by atoms with Crippen molar-refractivity contribution in [3.8, 4) is 23.4 Å². The Kier molecular flexibility index (Phi) is 7.42. The summed E-state index contributed by atoms with van der Waals surface area (Å²) in [5.74, 6) is 0.469. The van der Waals surface area contributed by atoms with Crippen molar-refractivity contribution in [2.24, 2.45) is 0 Å². The smallest absolute Gasteiger partial charge is 0.269 e. The lowest BCUT2D eigenvalue weighted by Crippen LogP contribution is -2.20. The number of hydrogen-bond donors (Lipinski definition) is 1. The maximum absolute atomic E-state index is 13.3. The summed E-state index contributed by atoms with van der Waals surface area (Å²) in [5, 5.41) is 12.4. The molecule has 0 fully saturated rings. The Morgan fingerprint density at radius 2 is 1.78 bits per heavy atom. The average molecular weight is 481 g/mol. The van der Waals surface area contributed by atoms with E-state index in [9.17, 15) is 14.9 Å². The fraction of sp³-hybridized carbons (Fsp3) is 0.143. The van der Waals surface area contributed by atoms with Gasteiger partial charge in [-0.1, -0.05) is 25.1 Å². The van der Waals surface area contributed by atoms with E-state index in [4.69, 9.17) is 9.47 Å². The Balaban J connectivity index is 1.72. The van der Waals surface area contributed by atoms with Gasteiger partial charge in [0.25, 0.3) is 11.5 Å². The van der Waals surface area contributed by atoms with Gasteiger partial charge in [0.2, 0.25) is 5.88 Å². The van der Waals surface area contributed by atoms with Crippen LogP contribution in [0, 0.1) is 11.3 Å². The number of aromatic nitrogens is 2. The van der Waals surface area contributed by atoms with Crippen LogP contribution in [0.3, 0.4) is 0 Å². The highest BCUT2D eigenvalue weighted by Gasteiger charge is 2.17. The molecule has 1 N–H and O–H groups in total. The Labute approximate surface area is 208 Å². The molecule has 0 aliphatic carbocycles. The van der Waals surface area contributed by atoms with E-state index in [0.29, 0.717) is 29.4 Å². The molecule has 0 unspecified atom stereocenters. The number of carbonyl (C=O) groups excluding carboxylic acids is 1. The second kappa shape index (κ2) is 11.0. The highest BCUT2D eigenvalue weighted by Crippen LogP contribution is 2.25. The average Bonchev–Trinajstić information content (AvgIpc) is 2.90. The van der Waals surface area contributed by atoms with Crippen LogP contribution in [0.15, 0.2) is 83.3 Å². The molecule has 1 amide bonds. The molecule has 8 heteroatoms. The SMILES string of the molecule is CCOc1ccc(NC(=O)C(C#N)=Cc2c(Oc3ccc(CC)cc3)nc3ccccn3c2=O)cc1. The maximum Gasteiger partial charge on any atom is 0.269 e. The molecule has 0 spiro atoms. The van der Waals surface area contributed by atoms with E-state index in [-0.39, 0.29) is 17.0 Å². The summed E-state index contributed by atoms with van der Waals surface area (Å²) in [5.41, 5.74) is 1.22. The molecule has 180 valence electrons. The predicted molar refractivity (Wildman–Crippen MR) is 137 cm³/mol. The number of fused-ring (bicyclic) bond motifs is 1. The van der Waals surface area contributed by atoms with Gasteiger partial charge in [-0.15, -0.1) is 0 Å².